The summed E-state index contributed by atoms with van der Waals surface area (Å²) in [7, 11) is 0. The lowest BCUT2D eigenvalue weighted by molar-refractivity contribution is 0.625. The topological polar surface area (TPSA) is 0 Å². The van der Waals surface area contributed by atoms with Crippen LogP contribution in [-0.2, 0) is 0 Å². The molecular formula is C22H17F. The molecule has 0 aromatic heterocycles. The maximum atomic E-state index is 14.2. The maximum Gasteiger partial charge on any atom is 0.131 e. The summed E-state index contributed by atoms with van der Waals surface area (Å²) in [4.78, 5) is 0. The van der Waals surface area contributed by atoms with Gasteiger partial charge in [0.25, 0.3) is 0 Å². The average molecular weight is 300 g/mol. The predicted octanol–water partition coefficient (Wildman–Crippen LogP) is 6.17. The van der Waals surface area contributed by atoms with Crippen LogP contribution in [0.15, 0.2) is 78.9 Å². The fourth-order valence-electron chi connectivity index (χ4n) is 2.29. The second-order valence-corrected chi connectivity index (χ2v) is 5.27. The molecule has 0 aliphatic rings. The van der Waals surface area contributed by atoms with Gasteiger partial charge in [-0.15, -0.1) is 0 Å². The Labute approximate surface area is 136 Å². The zero-order valence-electron chi connectivity index (χ0n) is 12.7. The molecule has 0 heterocycles. The van der Waals surface area contributed by atoms with Gasteiger partial charge in [-0.05, 0) is 22.8 Å². The molecule has 0 radical (unpaired) electrons. The molecule has 23 heavy (non-hydrogen) atoms. The van der Waals surface area contributed by atoms with E-state index in [9.17, 15) is 4.39 Å². The maximum absolute atomic E-state index is 14.2. The lowest BCUT2D eigenvalue weighted by atomic mass is 10.1. The molecule has 3 rings (SSSR count). The van der Waals surface area contributed by atoms with Crippen LogP contribution in [0.1, 0.15) is 22.3 Å². The first-order chi connectivity index (χ1) is 11.3. The Morgan fingerprint density at radius 2 is 1.04 bits per heavy atom. The first-order valence-corrected chi connectivity index (χ1v) is 7.57. The van der Waals surface area contributed by atoms with E-state index < -0.39 is 0 Å². The fraction of sp³-hybridized carbons (Fsp3) is 0. The molecule has 3 aromatic rings. The third-order valence-corrected chi connectivity index (χ3v) is 3.55. The van der Waals surface area contributed by atoms with Crippen LogP contribution in [-0.4, -0.2) is 0 Å². The van der Waals surface area contributed by atoms with Crippen LogP contribution in [0.25, 0.3) is 24.3 Å². The van der Waals surface area contributed by atoms with Crippen molar-refractivity contribution in [3.63, 3.8) is 0 Å². The minimum Gasteiger partial charge on any atom is -0.206 e. The number of benzene rings is 3. The quantitative estimate of drug-likeness (QED) is 0.506. The number of hydrogen-bond donors (Lipinski definition) is 0. The third-order valence-electron chi connectivity index (χ3n) is 3.55. The van der Waals surface area contributed by atoms with Gasteiger partial charge in [-0.1, -0.05) is 97.1 Å². The Bertz CT molecular complexity index is 815. The van der Waals surface area contributed by atoms with E-state index in [2.05, 4.69) is 0 Å². The van der Waals surface area contributed by atoms with Crippen molar-refractivity contribution < 1.29 is 4.39 Å². The normalized spacial score (nSPS) is 11.3. The molecule has 112 valence electrons. The summed E-state index contributed by atoms with van der Waals surface area (Å²) >= 11 is 0. The predicted molar refractivity (Wildman–Crippen MR) is 97.1 cm³/mol. The summed E-state index contributed by atoms with van der Waals surface area (Å²) in [5.41, 5.74) is 3.59. The van der Waals surface area contributed by atoms with Crippen molar-refractivity contribution in [2.24, 2.45) is 0 Å². The molecule has 0 N–H and O–H groups in total. The molecule has 0 atom stereocenters. The molecule has 0 amide bonds. The minimum atomic E-state index is -0.215. The van der Waals surface area contributed by atoms with Crippen molar-refractivity contribution in [1.82, 2.24) is 0 Å². The highest BCUT2D eigenvalue weighted by atomic mass is 19.1. The highest BCUT2D eigenvalue weighted by molar-refractivity contribution is 5.73. The van der Waals surface area contributed by atoms with Gasteiger partial charge >= 0.3 is 0 Å². The van der Waals surface area contributed by atoms with Gasteiger partial charge < -0.3 is 0 Å². The zero-order chi connectivity index (χ0) is 15.9. The number of hydrogen-bond acceptors (Lipinski definition) is 0. The largest absolute Gasteiger partial charge is 0.206 e. The Morgan fingerprint density at radius 3 is 1.61 bits per heavy atom. The lowest BCUT2D eigenvalue weighted by Crippen LogP contribution is -1.83. The molecule has 0 nitrogen and oxygen atoms in total. The van der Waals surface area contributed by atoms with E-state index in [-0.39, 0.29) is 5.82 Å². The van der Waals surface area contributed by atoms with Gasteiger partial charge in [-0.25, -0.2) is 4.39 Å². The molecular weight excluding hydrogens is 283 g/mol. The smallest absolute Gasteiger partial charge is 0.131 e. The number of halogens is 1. The van der Waals surface area contributed by atoms with E-state index in [0.717, 1.165) is 16.7 Å². The summed E-state index contributed by atoms with van der Waals surface area (Å²) in [6.07, 6.45) is 7.62. The molecule has 0 saturated heterocycles. The first-order valence-electron chi connectivity index (χ1n) is 7.57. The van der Waals surface area contributed by atoms with Crippen LogP contribution in [0, 0.1) is 5.82 Å². The van der Waals surface area contributed by atoms with Gasteiger partial charge in [0.1, 0.15) is 5.82 Å². The fourth-order valence-corrected chi connectivity index (χ4v) is 2.29. The molecule has 0 aliphatic carbocycles. The van der Waals surface area contributed by atoms with Crippen molar-refractivity contribution in [3.05, 3.63) is 107 Å². The van der Waals surface area contributed by atoms with Crippen molar-refractivity contribution in [2.45, 2.75) is 0 Å². The third kappa shape index (κ3) is 4.27. The standard InChI is InChI=1S/C22H17F/c23-22-17-20(12-11-18-7-3-1-4-8-18)14-16-21(22)15-13-19-9-5-2-6-10-19/h1-17H. The van der Waals surface area contributed by atoms with Gasteiger partial charge in [0, 0.05) is 5.56 Å². The van der Waals surface area contributed by atoms with Crippen LogP contribution >= 0.6 is 0 Å². The summed E-state index contributed by atoms with van der Waals surface area (Å²) in [5, 5.41) is 0. The highest BCUT2D eigenvalue weighted by Gasteiger charge is 1.99. The molecule has 3 aromatic carbocycles. The van der Waals surface area contributed by atoms with Gasteiger partial charge in [0.05, 0.1) is 0 Å². The lowest BCUT2D eigenvalue weighted by Gasteiger charge is -2.00. The van der Waals surface area contributed by atoms with Crippen LogP contribution in [0.3, 0.4) is 0 Å². The second kappa shape index (κ2) is 7.37. The Balaban J connectivity index is 1.76. The van der Waals surface area contributed by atoms with Crippen molar-refractivity contribution in [2.75, 3.05) is 0 Å². The zero-order valence-corrected chi connectivity index (χ0v) is 12.7. The van der Waals surface area contributed by atoms with Crippen LogP contribution < -0.4 is 0 Å². The van der Waals surface area contributed by atoms with Crippen molar-refractivity contribution >= 4 is 24.3 Å². The van der Waals surface area contributed by atoms with Gasteiger partial charge in [0.15, 0.2) is 0 Å². The summed E-state index contributed by atoms with van der Waals surface area (Å²) in [6.45, 7) is 0. The molecule has 0 bridgehead atoms. The van der Waals surface area contributed by atoms with E-state index in [0.29, 0.717) is 5.56 Å². The SMILES string of the molecule is Fc1cc(C=Cc2ccccc2)ccc1C=Cc1ccccc1. The van der Waals surface area contributed by atoms with Crippen LogP contribution in [0.5, 0.6) is 0 Å². The molecule has 1 heteroatoms. The van der Waals surface area contributed by atoms with E-state index >= 15 is 0 Å². The van der Waals surface area contributed by atoms with Crippen molar-refractivity contribution in [1.29, 1.82) is 0 Å². The number of rotatable bonds is 4. The minimum absolute atomic E-state index is 0.215. The molecule has 0 saturated carbocycles. The summed E-state index contributed by atoms with van der Waals surface area (Å²) in [6, 6.07) is 25.1. The molecule has 0 aliphatic heterocycles. The van der Waals surface area contributed by atoms with Crippen LogP contribution in [0.2, 0.25) is 0 Å². The van der Waals surface area contributed by atoms with E-state index in [1.165, 1.54) is 0 Å². The van der Waals surface area contributed by atoms with Gasteiger partial charge in [-0.3, -0.25) is 0 Å². The Morgan fingerprint density at radius 1 is 0.522 bits per heavy atom. The van der Waals surface area contributed by atoms with E-state index in [1.807, 2.05) is 85.0 Å². The van der Waals surface area contributed by atoms with E-state index in [4.69, 9.17) is 0 Å². The average Bonchev–Trinajstić information content (AvgIpc) is 2.61. The van der Waals surface area contributed by atoms with E-state index in [1.54, 1.807) is 18.2 Å². The molecule has 0 fully saturated rings. The summed E-state index contributed by atoms with van der Waals surface area (Å²) in [5.74, 6) is -0.215. The van der Waals surface area contributed by atoms with Crippen LogP contribution in [0.4, 0.5) is 4.39 Å². The first kappa shape index (κ1) is 15.0. The molecule has 0 unspecified atom stereocenters. The molecule has 0 spiro atoms. The van der Waals surface area contributed by atoms with Gasteiger partial charge in [-0.2, -0.15) is 0 Å². The Kier molecular flexibility index (Phi) is 4.80. The summed E-state index contributed by atoms with van der Waals surface area (Å²) < 4.78 is 14.2. The Hall–Kier alpha value is -2.93. The van der Waals surface area contributed by atoms with Gasteiger partial charge in [0.2, 0.25) is 0 Å². The van der Waals surface area contributed by atoms with Crippen molar-refractivity contribution in [3.8, 4) is 0 Å². The highest BCUT2D eigenvalue weighted by Crippen LogP contribution is 2.16. The second-order valence-electron chi connectivity index (χ2n) is 5.27. The monoisotopic (exact) mass is 300 g/mol.